The maximum atomic E-state index is 13.3. The van der Waals surface area contributed by atoms with Gasteiger partial charge in [-0.15, -0.1) is 0 Å². The van der Waals surface area contributed by atoms with Crippen LogP contribution in [0.3, 0.4) is 0 Å². The lowest BCUT2D eigenvalue weighted by atomic mass is 9.91. The summed E-state index contributed by atoms with van der Waals surface area (Å²) in [6, 6.07) is 10.5. The summed E-state index contributed by atoms with van der Waals surface area (Å²) in [5, 5.41) is 1.23. The molecule has 170 valence electrons. The van der Waals surface area contributed by atoms with Crippen LogP contribution in [0.15, 0.2) is 36.4 Å². The zero-order chi connectivity index (χ0) is 23.3. The number of benzene rings is 3. The molecule has 2 aliphatic rings. The Kier molecular flexibility index (Phi) is 4.81. The summed E-state index contributed by atoms with van der Waals surface area (Å²) < 4.78 is 33.3. The Balaban J connectivity index is 1.82. The highest BCUT2D eigenvalue weighted by Gasteiger charge is 2.28. The van der Waals surface area contributed by atoms with E-state index in [-0.39, 0.29) is 24.9 Å². The van der Waals surface area contributed by atoms with Crippen LogP contribution < -0.4 is 23.7 Å². The Morgan fingerprint density at radius 1 is 0.818 bits per heavy atom. The molecule has 33 heavy (non-hydrogen) atoms. The topological polar surface area (TPSA) is 89.5 Å². The molecule has 8 heteroatoms. The molecule has 0 radical (unpaired) electrons. The maximum Gasteiger partial charge on any atom is 0.339 e. The molecule has 0 fully saturated rings. The number of ether oxygens (including phenoxy) is 6. The summed E-state index contributed by atoms with van der Waals surface area (Å²) >= 11 is 0. The standard InChI is InChI=1S/C25H22O8/c1-13(26)32-19-10-17(24(27)33-25(2,3)4)23(14-5-6-18-20(7-14)29-11-28-18)16-9-22-21(8-15(16)19)30-12-31-22/h5-10H,11-12H2,1-4H3. The summed E-state index contributed by atoms with van der Waals surface area (Å²) in [6.45, 7) is 6.87. The van der Waals surface area contributed by atoms with Crippen LogP contribution in [0.2, 0.25) is 0 Å². The van der Waals surface area contributed by atoms with Gasteiger partial charge in [-0.1, -0.05) is 6.07 Å². The van der Waals surface area contributed by atoms with E-state index in [4.69, 9.17) is 28.4 Å². The minimum absolute atomic E-state index is 0.0762. The molecule has 0 N–H and O–H groups in total. The molecule has 8 nitrogen and oxygen atoms in total. The predicted molar refractivity (Wildman–Crippen MR) is 118 cm³/mol. The molecule has 0 unspecified atom stereocenters. The highest BCUT2D eigenvalue weighted by Crippen LogP contribution is 2.46. The van der Waals surface area contributed by atoms with E-state index in [0.717, 1.165) is 0 Å². The first-order valence-electron chi connectivity index (χ1n) is 10.4. The van der Waals surface area contributed by atoms with Crippen molar-refractivity contribution in [1.82, 2.24) is 0 Å². The second kappa shape index (κ2) is 7.58. The van der Waals surface area contributed by atoms with Crippen molar-refractivity contribution < 1.29 is 38.0 Å². The van der Waals surface area contributed by atoms with E-state index in [2.05, 4.69) is 0 Å². The lowest BCUT2D eigenvalue weighted by molar-refractivity contribution is -0.131. The third-order valence-electron chi connectivity index (χ3n) is 5.13. The molecule has 0 spiro atoms. The Labute approximate surface area is 189 Å². The van der Waals surface area contributed by atoms with Crippen molar-refractivity contribution in [2.24, 2.45) is 0 Å². The molecular weight excluding hydrogens is 428 g/mol. The van der Waals surface area contributed by atoms with E-state index < -0.39 is 17.5 Å². The maximum absolute atomic E-state index is 13.3. The number of carbonyl (C=O) groups is 2. The van der Waals surface area contributed by atoms with E-state index in [9.17, 15) is 9.59 Å². The zero-order valence-electron chi connectivity index (χ0n) is 18.6. The molecule has 3 aromatic rings. The molecule has 3 aromatic carbocycles. The normalized spacial score (nSPS) is 13.8. The molecular formula is C25H22O8. The van der Waals surface area contributed by atoms with Crippen molar-refractivity contribution in [3.8, 4) is 39.9 Å². The number of rotatable bonds is 3. The molecule has 2 heterocycles. The van der Waals surface area contributed by atoms with Crippen molar-refractivity contribution >= 4 is 22.7 Å². The summed E-state index contributed by atoms with van der Waals surface area (Å²) in [5.74, 6) is 1.40. The molecule has 0 saturated heterocycles. The fourth-order valence-electron chi connectivity index (χ4n) is 3.88. The third-order valence-corrected chi connectivity index (χ3v) is 5.13. The van der Waals surface area contributed by atoms with Gasteiger partial charge in [-0.25, -0.2) is 4.79 Å². The summed E-state index contributed by atoms with van der Waals surface area (Å²) in [6.07, 6.45) is 0. The van der Waals surface area contributed by atoms with E-state index in [1.807, 2.05) is 6.07 Å². The van der Waals surface area contributed by atoms with Gasteiger partial charge in [-0.3, -0.25) is 4.79 Å². The van der Waals surface area contributed by atoms with Gasteiger partial charge in [0, 0.05) is 17.9 Å². The second-order valence-electron chi connectivity index (χ2n) is 8.71. The number of carbonyl (C=O) groups excluding carboxylic acids is 2. The Bertz CT molecular complexity index is 1300. The first kappa shape index (κ1) is 20.9. The minimum Gasteiger partial charge on any atom is -0.456 e. The van der Waals surface area contributed by atoms with Crippen molar-refractivity contribution in [3.05, 3.63) is 42.0 Å². The van der Waals surface area contributed by atoms with Gasteiger partial charge in [0.2, 0.25) is 13.6 Å². The first-order valence-corrected chi connectivity index (χ1v) is 10.4. The van der Waals surface area contributed by atoms with Gasteiger partial charge in [0.1, 0.15) is 11.4 Å². The van der Waals surface area contributed by atoms with Gasteiger partial charge < -0.3 is 28.4 Å². The molecule has 0 aromatic heterocycles. The average Bonchev–Trinajstić information content (AvgIpc) is 3.38. The lowest BCUT2D eigenvalue weighted by Crippen LogP contribution is -2.24. The van der Waals surface area contributed by atoms with E-state index in [1.165, 1.54) is 13.0 Å². The Morgan fingerprint density at radius 3 is 2.06 bits per heavy atom. The van der Waals surface area contributed by atoms with Crippen LogP contribution >= 0.6 is 0 Å². The molecule has 5 rings (SSSR count). The second-order valence-corrected chi connectivity index (χ2v) is 8.71. The molecule has 2 aliphatic heterocycles. The first-order chi connectivity index (χ1) is 15.7. The number of hydrogen-bond acceptors (Lipinski definition) is 8. The van der Waals surface area contributed by atoms with Crippen molar-refractivity contribution in [2.45, 2.75) is 33.3 Å². The molecule has 0 saturated carbocycles. The quantitative estimate of drug-likeness (QED) is 0.414. The van der Waals surface area contributed by atoms with Gasteiger partial charge >= 0.3 is 11.9 Å². The van der Waals surface area contributed by atoms with Crippen molar-refractivity contribution in [1.29, 1.82) is 0 Å². The average molecular weight is 450 g/mol. The molecule has 0 amide bonds. The summed E-state index contributed by atoms with van der Waals surface area (Å²) in [5.41, 5.74) is 0.811. The summed E-state index contributed by atoms with van der Waals surface area (Å²) in [4.78, 5) is 25.2. The minimum atomic E-state index is -0.728. The van der Waals surface area contributed by atoms with Crippen LogP contribution in [0, 0.1) is 0 Å². The third kappa shape index (κ3) is 3.88. The summed E-state index contributed by atoms with van der Waals surface area (Å²) in [7, 11) is 0. The predicted octanol–water partition coefficient (Wildman–Crippen LogP) is 4.84. The number of hydrogen-bond donors (Lipinski definition) is 0. The molecule has 0 aliphatic carbocycles. The fraction of sp³-hybridized carbons (Fsp3) is 0.280. The van der Waals surface area contributed by atoms with E-state index in [1.54, 1.807) is 45.0 Å². The Morgan fingerprint density at radius 2 is 1.42 bits per heavy atom. The van der Waals surface area contributed by atoms with Crippen LogP contribution in [0.1, 0.15) is 38.1 Å². The van der Waals surface area contributed by atoms with Gasteiger partial charge in [-0.2, -0.15) is 0 Å². The van der Waals surface area contributed by atoms with Crippen LogP contribution in [0.25, 0.3) is 21.9 Å². The largest absolute Gasteiger partial charge is 0.456 e. The number of esters is 2. The van der Waals surface area contributed by atoms with Gasteiger partial charge in [-0.05, 0) is 62.1 Å². The van der Waals surface area contributed by atoms with Crippen molar-refractivity contribution in [3.63, 3.8) is 0 Å². The highest BCUT2D eigenvalue weighted by molar-refractivity contribution is 6.11. The van der Waals surface area contributed by atoms with Crippen LogP contribution in [0.4, 0.5) is 0 Å². The van der Waals surface area contributed by atoms with Gasteiger partial charge in [0.25, 0.3) is 0 Å². The smallest absolute Gasteiger partial charge is 0.339 e. The SMILES string of the molecule is CC(=O)Oc1cc(C(=O)OC(C)(C)C)c(-c2ccc3c(c2)OCO3)c2cc3c(cc12)OCO3. The lowest BCUT2D eigenvalue weighted by Gasteiger charge is -2.22. The van der Waals surface area contributed by atoms with Crippen LogP contribution in [-0.4, -0.2) is 31.1 Å². The fourth-order valence-corrected chi connectivity index (χ4v) is 3.88. The molecule has 0 bridgehead atoms. The Hall–Kier alpha value is -3.94. The van der Waals surface area contributed by atoms with Crippen LogP contribution in [-0.2, 0) is 9.53 Å². The monoisotopic (exact) mass is 450 g/mol. The molecule has 0 atom stereocenters. The van der Waals surface area contributed by atoms with Gasteiger partial charge in [0.15, 0.2) is 23.0 Å². The number of fused-ring (bicyclic) bond motifs is 3. The zero-order valence-corrected chi connectivity index (χ0v) is 18.6. The van der Waals surface area contributed by atoms with Crippen LogP contribution in [0.5, 0.6) is 28.7 Å². The van der Waals surface area contributed by atoms with E-state index >= 15 is 0 Å². The van der Waals surface area contributed by atoms with E-state index in [0.29, 0.717) is 44.9 Å². The van der Waals surface area contributed by atoms with Gasteiger partial charge in [0.05, 0.1) is 5.56 Å². The highest BCUT2D eigenvalue weighted by atomic mass is 16.7. The van der Waals surface area contributed by atoms with Crippen molar-refractivity contribution in [2.75, 3.05) is 13.6 Å².